The predicted molar refractivity (Wildman–Crippen MR) is 69.4 cm³/mol. The van der Waals surface area contributed by atoms with Gasteiger partial charge in [0, 0.05) is 25.4 Å². The van der Waals surface area contributed by atoms with Gasteiger partial charge in [0.05, 0.1) is 0 Å². The van der Waals surface area contributed by atoms with Gasteiger partial charge in [0.15, 0.2) is 5.84 Å². The Labute approximate surface area is 107 Å². The number of nitrogens with two attached hydrogens (primary N) is 1. The summed E-state index contributed by atoms with van der Waals surface area (Å²) in [6.07, 6.45) is 3.23. The number of oxime groups is 1. The summed E-state index contributed by atoms with van der Waals surface area (Å²) in [6, 6.07) is 3.92. The number of hydrogen-bond acceptors (Lipinski definition) is 5. The van der Waals surface area contributed by atoms with Crippen LogP contribution in [0, 0.1) is 0 Å². The molecule has 0 aliphatic rings. The van der Waals surface area contributed by atoms with Crippen LogP contribution in [0.1, 0.15) is 31.0 Å². The molecule has 1 rings (SSSR count). The van der Waals surface area contributed by atoms with E-state index in [1.54, 1.807) is 12.3 Å². The van der Waals surface area contributed by atoms with Crippen LogP contribution in [0.3, 0.4) is 0 Å². The molecule has 0 aliphatic carbocycles. The third-order valence-electron chi connectivity index (χ3n) is 2.79. The van der Waals surface area contributed by atoms with Gasteiger partial charge in [-0.1, -0.05) is 18.1 Å². The second-order valence-electron chi connectivity index (χ2n) is 3.99. The Kier molecular flexibility index (Phi) is 6.10. The topological polar surface area (TPSA) is 104 Å². The zero-order valence-corrected chi connectivity index (χ0v) is 10.5. The fourth-order valence-electron chi connectivity index (χ4n) is 1.72. The number of aromatic nitrogens is 1. The lowest BCUT2D eigenvalue weighted by molar-refractivity contribution is 0.262. The molecule has 1 aromatic heterocycles. The average molecular weight is 252 g/mol. The van der Waals surface area contributed by atoms with Crippen molar-refractivity contribution in [2.24, 2.45) is 10.9 Å². The summed E-state index contributed by atoms with van der Waals surface area (Å²) in [5, 5.41) is 23.9. The van der Waals surface area contributed by atoms with E-state index in [1.807, 2.05) is 6.07 Å². The van der Waals surface area contributed by atoms with Crippen LogP contribution in [0.2, 0.25) is 0 Å². The van der Waals surface area contributed by atoms with Gasteiger partial charge in [0.2, 0.25) is 0 Å². The van der Waals surface area contributed by atoms with Crippen molar-refractivity contribution in [1.29, 1.82) is 0 Å². The average Bonchev–Trinajstić information content (AvgIpc) is 2.43. The summed E-state index contributed by atoms with van der Waals surface area (Å²) in [5.74, 6) is 0.00241. The molecule has 0 aliphatic heterocycles. The van der Waals surface area contributed by atoms with E-state index in [2.05, 4.69) is 22.4 Å². The van der Waals surface area contributed by atoms with Gasteiger partial charge in [-0.2, -0.15) is 0 Å². The standard InChI is InChI=1S/C12H20N4O2/c1-2-10(5-7-17)15-8-9-4-3-6-14-11(9)12(13)16-18/h3-4,6,10,15,17-18H,2,5,7-8H2,1H3,(H2,13,16). The van der Waals surface area contributed by atoms with Crippen molar-refractivity contribution in [3.05, 3.63) is 29.6 Å². The molecule has 6 nitrogen and oxygen atoms in total. The lowest BCUT2D eigenvalue weighted by Crippen LogP contribution is -2.30. The molecule has 0 amide bonds. The lowest BCUT2D eigenvalue weighted by atomic mass is 10.1. The van der Waals surface area contributed by atoms with Gasteiger partial charge >= 0.3 is 0 Å². The summed E-state index contributed by atoms with van der Waals surface area (Å²) >= 11 is 0. The lowest BCUT2D eigenvalue weighted by Gasteiger charge is -2.16. The van der Waals surface area contributed by atoms with Gasteiger partial charge in [-0.05, 0) is 24.5 Å². The Hall–Kier alpha value is -1.66. The summed E-state index contributed by atoms with van der Waals surface area (Å²) in [5.41, 5.74) is 6.91. The minimum Gasteiger partial charge on any atom is -0.409 e. The summed E-state index contributed by atoms with van der Waals surface area (Å²) in [6.45, 7) is 2.78. The molecule has 0 spiro atoms. The summed E-state index contributed by atoms with van der Waals surface area (Å²) in [4.78, 5) is 4.09. The van der Waals surface area contributed by atoms with Gasteiger partial charge < -0.3 is 21.4 Å². The Morgan fingerprint density at radius 2 is 2.39 bits per heavy atom. The Morgan fingerprint density at radius 3 is 3.00 bits per heavy atom. The minimum atomic E-state index is 0.00241. The first-order valence-corrected chi connectivity index (χ1v) is 5.99. The molecule has 1 atom stereocenters. The van der Waals surface area contributed by atoms with Crippen molar-refractivity contribution in [3.63, 3.8) is 0 Å². The van der Waals surface area contributed by atoms with Crippen LogP contribution in [-0.2, 0) is 6.54 Å². The Bertz CT molecular complexity index is 395. The van der Waals surface area contributed by atoms with Crippen LogP contribution in [0.25, 0.3) is 0 Å². The smallest absolute Gasteiger partial charge is 0.189 e. The van der Waals surface area contributed by atoms with E-state index >= 15 is 0 Å². The second kappa shape index (κ2) is 7.62. The van der Waals surface area contributed by atoms with Crippen molar-refractivity contribution in [1.82, 2.24) is 10.3 Å². The molecular formula is C12H20N4O2. The maximum atomic E-state index is 8.92. The number of hydrogen-bond donors (Lipinski definition) is 4. The third kappa shape index (κ3) is 3.97. The molecule has 0 saturated heterocycles. The van der Waals surface area contributed by atoms with Gasteiger partial charge in [-0.15, -0.1) is 0 Å². The molecule has 0 radical (unpaired) electrons. The number of pyridine rings is 1. The van der Waals surface area contributed by atoms with Crippen LogP contribution in [-0.4, -0.2) is 33.8 Å². The zero-order chi connectivity index (χ0) is 13.4. The largest absolute Gasteiger partial charge is 0.409 e. The molecule has 6 heteroatoms. The molecular weight excluding hydrogens is 232 g/mol. The van der Waals surface area contributed by atoms with E-state index in [0.29, 0.717) is 18.7 Å². The van der Waals surface area contributed by atoms with Gasteiger partial charge in [0.25, 0.3) is 0 Å². The van der Waals surface area contributed by atoms with Crippen LogP contribution >= 0.6 is 0 Å². The van der Waals surface area contributed by atoms with Crippen LogP contribution in [0.5, 0.6) is 0 Å². The number of aliphatic hydroxyl groups excluding tert-OH is 1. The predicted octanol–water partition coefficient (Wildman–Crippen LogP) is 0.427. The highest BCUT2D eigenvalue weighted by Gasteiger charge is 2.10. The zero-order valence-electron chi connectivity index (χ0n) is 10.5. The SMILES string of the molecule is CCC(CCO)NCc1cccnc1/C(N)=N/O. The van der Waals surface area contributed by atoms with Crippen LogP contribution < -0.4 is 11.1 Å². The van der Waals surface area contributed by atoms with E-state index in [4.69, 9.17) is 16.0 Å². The normalized spacial score (nSPS) is 13.6. The van der Waals surface area contributed by atoms with E-state index in [1.165, 1.54) is 0 Å². The molecule has 0 saturated carbocycles. The van der Waals surface area contributed by atoms with E-state index in [9.17, 15) is 0 Å². The summed E-state index contributed by atoms with van der Waals surface area (Å²) < 4.78 is 0. The number of nitrogens with one attached hydrogen (secondary N) is 1. The molecule has 0 aromatic carbocycles. The highest BCUT2D eigenvalue weighted by molar-refractivity contribution is 5.96. The van der Waals surface area contributed by atoms with E-state index in [-0.39, 0.29) is 18.5 Å². The molecule has 100 valence electrons. The monoisotopic (exact) mass is 252 g/mol. The highest BCUT2D eigenvalue weighted by Crippen LogP contribution is 2.06. The molecule has 0 bridgehead atoms. The van der Waals surface area contributed by atoms with E-state index in [0.717, 1.165) is 12.0 Å². The van der Waals surface area contributed by atoms with Crippen LogP contribution in [0.4, 0.5) is 0 Å². The van der Waals surface area contributed by atoms with Crippen molar-refractivity contribution < 1.29 is 10.3 Å². The third-order valence-corrected chi connectivity index (χ3v) is 2.79. The quantitative estimate of drug-likeness (QED) is 0.244. The number of rotatable bonds is 7. The van der Waals surface area contributed by atoms with Gasteiger partial charge in [-0.3, -0.25) is 4.98 Å². The maximum absolute atomic E-state index is 8.92. The van der Waals surface area contributed by atoms with Crippen molar-refractivity contribution in [2.75, 3.05) is 6.61 Å². The Balaban J connectivity index is 2.72. The minimum absolute atomic E-state index is 0.00241. The maximum Gasteiger partial charge on any atom is 0.189 e. The van der Waals surface area contributed by atoms with Crippen molar-refractivity contribution in [3.8, 4) is 0 Å². The van der Waals surface area contributed by atoms with E-state index < -0.39 is 0 Å². The summed E-state index contributed by atoms with van der Waals surface area (Å²) in [7, 11) is 0. The molecule has 1 unspecified atom stereocenters. The fraction of sp³-hybridized carbons (Fsp3) is 0.500. The number of aliphatic hydroxyl groups is 1. The number of amidine groups is 1. The van der Waals surface area contributed by atoms with Gasteiger partial charge in [0.1, 0.15) is 5.69 Å². The second-order valence-corrected chi connectivity index (χ2v) is 3.99. The highest BCUT2D eigenvalue weighted by atomic mass is 16.4. The molecule has 5 N–H and O–H groups in total. The Morgan fingerprint density at radius 1 is 1.61 bits per heavy atom. The molecule has 1 heterocycles. The van der Waals surface area contributed by atoms with Crippen LogP contribution in [0.15, 0.2) is 23.5 Å². The first kappa shape index (κ1) is 14.4. The molecule has 18 heavy (non-hydrogen) atoms. The molecule has 1 aromatic rings. The fourth-order valence-corrected chi connectivity index (χ4v) is 1.72. The van der Waals surface area contributed by atoms with Crippen molar-refractivity contribution in [2.45, 2.75) is 32.4 Å². The van der Waals surface area contributed by atoms with Crippen molar-refractivity contribution >= 4 is 5.84 Å². The first-order valence-electron chi connectivity index (χ1n) is 5.99. The molecule has 0 fully saturated rings. The first-order chi connectivity index (χ1) is 8.72. The number of nitrogens with zero attached hydrogens (tertiary/aromatic N) is 2. The van der Waals surface area contributed by atoms with Gasteiger partial charge in [-0.25, -0.2) is 0 Å².